The van der Waals surface area contributed by atoms with Gasteiger partial charge in [0.2, 0.25) is 0 Å². The summed E-state index contributed by atoms with van der Waals surface area (Å²) >= 11 is 0. The Bertz CT molecular complexity index is 232. The lowest BCUT2D eigenvalue weighted by Crippen LogP contribution is -2.33. The summed E-state index contributed by atoms with van der Waals surface area (Å²) in [6, 6.07) is 0. The maximum absolute atomic E-state index is 6.48. The zero-order chi connectivity index (χ0) is 15.4. The van der Waals surface area contributed by atoms with Gasteiger partial charge in [-0.3, -0.25) is 0 Å². The van der Waals surface area contributed by atoms with E-state index in [1.54, 1.807) is 0 Å². The molecular formula is C19H39NO. The Morgan fingerprint density at radius 1 is 0.857 bits per heavy atom. The molecule has 1 aliphatic rings. The van der Waals surface area contributed by atoms with Crippen molar-refractivity contribution in [3.63, 3.8) is 0 Å². The molecule has 2 nitrogen and oxygen atoms in total. The molecule has 1 saturated carbocycles. The van der Waals surface area contributed by atoms with Crippen molar-refractivity contribution in [3.8, 4) is 0 Å². The number of rotatable bonds is 11. The van der Waals surface area contributed by atoms with Crippen LogP contribution < -0.4 is 0 Å². The summed E-state index contributed by atoms with van der Waals surface area (Å²) in [7, 11) is 4.30. The zero-order valence-electron chi connectivity index (χ0n) is 15.0. The monoisotopic (exact) mass is 297 g/mol. The molecule has 21 heavy (non-hydrogen) atoms. The summed E-state index contributed by atoms with van der Waals surface area (Å²) in [6.45, 7) is 4.39. The van der Waals surface area contributed by atoms with Gasteiger partial charge in [0.1, 0.15) is 0 Å². The molecule has 1 aliphatic carbocycles. The van der Waals surface area contributed by atoms with Crippen LogP contribution >= 0.6 is 0 Å². The second kappa shape index (κ2) is 11.5. The van der Waals surface area contributed by atoms with E-state index in [1.807, 2.05) is 0 Å². The van der Waals surface area contributed by atoms with Gasteiger partial charge in [-0.1, -0.05) is 64.7 Å². The quantitative estimate of drug-likeness (QED) is 0.373. The van der Waals surface area contributed by atoms with Gasteiger partial charge in [-0.25, -0.2) is 0 Å². The number of ether oxygens (including phenoxy) is 1. The average molecular weight is 298 g/mol. The predicted octanol–water partition coefficient (Wildman–Crippen LogP) is 5.41. The molecular weight excluding hydrogens is 258 g/mol. The second-order valence-electron chi connectivity index (χ2n) is 7.27. The number of hydrogen-bond donors (Lipinski definition) is 0. The fraction of sp³-hybridized carbons (Fsp3) is 1.00. The minimum atomic E-state index is 0.231. The summed E-state index contributed by atoms with van der Waals surface area (Å²) in [5.74, 6) is 0. The van der Waals surface area contributed by atoms with E-state index in [2.05, 4.69) is 25.9 Å². The SMILES string of the molecule is CCCCCCCC1(OCCCN(C)C)CCCCCC1. The van der Waals surface area contributed by atoms with Gasteiger partial charge in [-0.15, -0.1) is 0 Å². The molecule has 1 fully saturated rings. The first-order chi connectivity index (χ1) is 10.2. The summed E-state index contributed by atoms with van der Waals surface area (Å²) < 4.78 is 6.48. The Hall–Kier alpha value is -0.0800. The maximum Gasteiger partial charge on any atom is 0.0682 e. The highest BCUT2D eigenvalue weighted by molar-refractivity contribution is 4.83. The minimum Gasteiger partial charge on any atom is -0.375 e. The molecule has 0 saturated heterocycles. The van der Waals surface area contributed by atoms with Crippen LogP contribution in [0.5, 0.6) is 0 Å². The van der Waals surface area contributed by atoms with Gasteiger partial charge in [0.25, 0.3) is 0 Å². The number of nitrogens with zero attached hydrogens (tertiary/aromatic N) is 1. The van der Waals surface area contributed by atoms with E-state index in [-0.39, 0.29) is 5.60 Å². The largest absolute Gasteiger partial charge is 0.375 e. The fourth-order valence-electron chi connectivity index (χ4n) is 3.56. The van der Waals surface area contributed by atoms with Crippen molar-refractivity contribution in [1.29, 1.82) is 0 Å². The Morgan fingerprint density at radius 3 is 2.14 bits per heavy atom. The van der Waals surface area contributed by atoms with Crippen molar-refractivity contribution < 1.29 is 4.74 Å². The molecule has 2 heteroatoms. The highest BCUT2D eigenvalue weighted by atomic mass is 16.5. The fourth-order valence-corrected chi connectivity index (χ4v) is 3.56. The molecule has 1 rings (SSSR count). The van der Waals surface area contributed by atoms with Crippen LogP contribution in [0.3, 0.4) is 0 Å². The molecule has 0 N–H and O–H groups in total. The first kappa shape index (κ1) is 19.0. The molecule has 0 atom stereocenters. The van der Waals surface area contributed by atoms with E-state index in [0.29, 0.717) is 0 Å². The number of unbranched alkanes of at least 4 members (excludes halogenated alkanes) is 4. The maximum atomic E-state index is 6.48. The molecule has 0 heterocycles. The summed E-state index contributed by atoms with van der Waals surface area (Å²) in [5.41, 5.74) is 0.231. The Balaban J connectivity index is 2.34. The molecule has 0 unspecified atom stereocenters. The van der Waals surface area contributed by atoms with Gasteiger partial charge in [-0.05, 0) is 46.3 Å². The summed E-state index contributed by atoms with van der Waals surface area (Å²) in [5, 5.41) is 0. The smallest absolute Gasteiger partial charge is 0.0682 e. The van der Waals surface area contributed by atoms with Crippen LogP contribution in [0.1, 0.15) is 90.4 Å². The molecule has 0 aromatic rings. The third-order valence-electron chi connectivity index (χ3n) is 4.91. The zero-order valence-corrected chi connectivity index (χ0v) is 15.0. The molecule has 0 aromatic heterocycles. The highest BCUT2D eigenvalue weighted by Gasteiger charge is 2.30. The Morgan fingerprint density at radius 2 is 1.52 bits per heavy atom. The molecule has 0 radical (unpaired) electrons. The molecule has 0 amide bonds. The second-order valence-corrected chi connectivity index (χ2v) is 7.27. The normalized spacial score (nSPS) is 18.9. The Kier molecular flexibility index (Phi) is 10.4. The predicted molar refractivity (Wildman–Crippen MR) is 92.9 cm³/mol. The van der Waals surface area contributed by atoms with E-state index in [9.17, 15) is 0 Å². The van der Waals surface area contributed by atoms with E-state index in [0.717, 1.165) is 13.2 Å². The molecule has 0 aromatic carbocycles. The van der Waals surface area contributed by atoms with Gasteiger partial charge >= 0.3 is 0 Å². The van der Waals surface area contributed by atoms with E-state index >= 15 is 0 Å². The molecule has 0 bridgehead atoms. The van der Waals surface area contributed by atoms with Gasteiger partial charge in [0, 0.05) is 6.61 Å². The average Bonchev–Trinajstić information content (AvgIpc) is 2.70. The van der Waals surface area contributed by atoms with Crippen molar-refractivity contribution in [2.45, 2.75) is 96.0 Å². The van der Waals surface area contributed by atoms with Crippen molar-refractivity contribution >= 4 is 0 Å². The topological polar surface area (TPSA) is 12.5 Å². The van der Waals surface area contributed by atoms with Crippen LogP contribution in [0.4, 0.5) is 0 Å². The Labute approximate surface area is 133 Å². The first-order valence-corrected chi connectivity index (χ1v) is 9.47. The van der Waals surface area contributed by atoms with Crippen molar-refractivity contribution in [2.24, 2.45) is 0 Å². The first-order valence-electron chi connectivity index (χ1n) is 9.47. The van der Waals surface area contributed by atoms with Crippen LogP contribution in [0.2, 0.25) is 0 Å². The summed E-state index contributed by atoms with van der Waals surface area (Å²) in [6.07, 6.45) is 17.6. The summed E-state index contributed by atoms with van der Waals surface area (Å²) in [4.78, 5) is 2.26. The third kappa shape index (κ3) is 8.83. The van der Waals surface area contributed by atoms with Crippen molar-refractivity contribution in [2.75, 3.05) is 27.2 Å². The number of hydrogen-bond acceptors (Lipinski definition) is 2. The van der Waals surface area contributed by atoms with Crippen molar-refractivity contribution in [3.05, 3.63) is 0 Å². The van der Waals surface area contributed by atoms with Gasteiger partial charge in [-0.2, -0.15) is 0 Å². The van der Waals surface area contributed by atoms with Gasteiger partial charge in [0.15, 0.2) is 0 Å². The van der Waals surface area contributed by atoms with Crippen LogP contribution in [0.25, 0.3) is 0 Å². The highest BCUT2D eigenvalue weighted by Crippen LogP contribution is 2.35. The van der Waals surface area contributed by atoms with Gasteiger partial charge < -0.3 is 9.64 Å². The van der Waals surface area contributed by atoms with Crippen LogP contribution in [-0.4, -0.2) is 37.7 Å². The van der Waals surface area contributed by atoms with E-state index < -0.39 is 0 Å². The lowest BCUT2D eigenvalue weighted by molar-refractivity contribution is -0.0655. The molecule has 0 aliphatic heterocycles. The van der Waals surface area contributed by atoms with Gasteiger partial charge in [0.05, 0.1) is 5.60 Å². The molecule has 126 valence electrons. The van der Waals surface area contributed by atoms with Crippen molar-refractivity contribution in [1.82, 2.24) is 4.90 Å². The third-order valence-corrected chi connectivity index (χ3v) is 4.91. The van der Waals surface area contributed by atoms with Crippen LogP contribution in [0.15, 0.2) is 0 Å². The van der Waals surface area contributed by atoms with Crippen LogP contribution in [0, 0.1) is 0 Å². The minimum absolute atomic E-state index is 0.231. The van der Waals surface area contributed by atoms with E-state index in [4.69, 9.17) is 4.74 Å². The lowest BCUT2D eigenvalue weighted by atomic mass is 9.88. The van der Waals surface area contributed by atoms with Crippen LogP contribution in [-0.2, 0) is 4.74 Å². The van der Waals surface area contributed by atoms with E-state index in [1.165, 1.54) is 83.5 Å². The lowest BCUT2D eigenvalue weighted by Gasteiger charge is -2.33. The molecule has 0 spiro atoms. The standard InChI is InChI=1S/C19H39NO/c1-4-5-6-7-10-14-19(15-11-8-9-12-16-19)21-18-13-17-20(2)3/h4-18H2,1-3H3.